The van der Waals surface area contributed by atoms with Crippen LogP contribution in [0.4, 0.5) is 0 Å². The molecular formula is C13H16BrN5O. The molecule has 0 amide bonds. The molecule has 0 radical (unpaired) electrons. The summed E-state index contributed by atoms with van der Waals surface area (Å²) < 4.78 is 6.32. The van der Waals surface area contributed by atoms with E-state index in [1.807, 2.05) is 12.1 Å². The Morgan fingerprint density at radius 2 is 2.15 bits per heavy atom. The normalized spacial score (nSPS) is 18.1. The summed E-state index contributed by atoms with van der Waals surface area (Å²) in [5.74, 6) is 1.18. The SMILES string of the molecule is CC(c1nc(-c2ccc(Br)cn2)no1)N1CCNCC1. The zero-order chi connectivity index (χ0) is 13.9. The lowest BCUT2D eigenvalue weighted by Gasteiger charge is -2.30. The summed E-state index contributed by atoms with van der Waals surface area (Å²) >= 11 is 3.36. The van der Waals surface area contributed by atoms with Crippen molar-refractivity contribution < 1.29 is 4.52 Å². The van der Waals surface area contributed by atoms with Crippen LogP contribution in [-0.2, 0) is 0 Å². The second-order valence-electron chi connectivity index (χ2n) is 4.78. The molecule has 1 aliphatic rings. The second kappa shape index (κ2) is 5.99. The molecule has 106 valence electrons. The highest BCUT2D eigenvalue weighted by molar-refractivity contribution is 9.10. The maximum absolute atomic E-state index is 5.39. The van der Waals surface area contributed by atoms with Crippen LogP contribution in [-0.4, -0.2) is 46.2 Å². The van der Waals surface area contributed by atoms with Crippen LogP contribution >= 0.6 is 15.9 Å². The number of piperazine rings is 1. The topological polar surface area (TPSA) is 67.1 Å². The van der Waals surface area contributed by atoms with Gasteiger partial charge >= 0.3 is 0 Å². The Labute approximate surface area is 125 Å². The van der Waals surface area contributed by atoms with Gasteiger partial charge in [-0.2, -0.15) is 4.98 Å². The largest absolute Gasteiger partial charge is 0.337 e. The quantitative estimate of drug-likeness (QED) is 0.922. The minimum Gasteiger partial charge on any atom is -0.337 e. The molecule has 0 saturated carbocycles. The van der Waals surface area contributed by atoms with E-state index in [1.165, 1.54) is 0 Å². The lowest BCUT2D eigenvalue weighted by atomic mass is 10.2. The van der Waals surface area contributed by atoms with Crippen LogP contribution in [0.1, 0.15) is 18.9 Å². The number of nitrogens with zero attached hydrogens (tertiary/aromatic N) is 4. The minimum atomic E-state index is 0.133. The van der Waals surface area contributed by atoms with E-state index in [0.717, 1.165) is 36.3 Å². The van der Waals surface area contributed by atoms with E-state index < -0.39 is 0 Å². The summed E-state index contributed by atoms with van der Waals surface area (Å²) in [4.78, 5) is 11.1. The zero-order valence-corrected chi connectivity index (χ0v) is 12.8. The highest BCUT2D eigenvalue weighted by Gasteiger charge is 2.23. The van der Waals surface area contributed by atoms with Crippen molar-refractivity contribution in [2.75, 3.05) is 26.2 Å². The number of rotatable bonds is 3. The molecule has 2 aromatic rings. The smallest absolute Gasteiger partial charge is 0.244 e. The maximum atomic E-state index is 5.39. The average Bonchev–Trinajstić information content (AvgIpc) is 2.98. The molecule has 1 aliphatic heterocycles. The number of aromatic nitrogens is 3. The predicted octanol–water partition coefficient (Wildman–Crippen LogP) is 1.86. The summed E-state index contributed by atoms with van der Waals surface area (Å²) in [6.07, 6.45) is 1.73. The molecule has 6 nitrogen and oxygen atoms in total. The van der Waals surface area contributed by atoms with Crippen LogP contribution in [0.2, 0.25) is 0 Å². The fraction of sp³-hybridized carbons (Fsp3) is 0.462. The Morgan fingerprint density at radius 3 is 2.85 bits per heavy atom. The highest BCUT2D eigenvalue weighted by Crippen LogP contribution is 2.22. The second-order valence-corrected chi connectivity index (χ2v) is 5.70. The fourth-order valence-electron chi connectivity index (χ4n) is 2.24. The van der Waals surface area contributed by atoms with Crippen molar-refractivity contribution in [3.8, 4) is 11.5 Å². The lowest BCUT2D eigenvalue weighted by Crippen LogP contribution is -2.44. The number of halogens is 1. The molecule has 20 heavy (non-hydrogen) atoms. The summed E-state index contributed by atoms with van der Waals surface area (Å²) in [6.45, 7) is 6.08. The first kappa shape index (κ1) is 13.7. The van der Waals surface area contributed by atoms with E-state index in [1.54, 1.807) is 6.20 Å². The average molecular weight is 338 g/mol. The Hall–Kier alpha value is -1.31. The molecule has 1 saturated heterocycles. The molecule has 7 heteroatoms. The van der Waals surface area contributed by atoms with E-state index in [9.17, 15) is 0 Å². The number of hydrogen-bond donors (Lipinski definition) is 1. The van der Waals surface area contributed by atoms with Crippen molar-refractivity contribution in [1.82, 2.24) is 25.3 Å². The van der Waals surface area contributed by atoms with E-state index in [2.05, 4.69) is 48.2 Å². The molecular weight excluding hydrogens is 322 g/mol. The molecule has 0 aromatic carbocycles. The zero-order valence-electron chi connectivity index (χ0n) is 11.2. The van der Waals surface area contributed by atoms with Gasteiger partial charge in [0.05, 0.1) is 6.04 Å². The van der Waals surface area contributed by atoms with Gasteiger partial charge in [0.2, 0.25) is 11.7 Å². The van der Waals surface area contributed by atoms with Crippen LogP contribution in [0.25, 0.3) is 11.5 Å². The standard InChI is InChI=1S/C13H16BrN5O/c1-9(19-6-4-15-5-7-19)13-17-12(18-20-13)11-3-2-10(14)8-16-11/h2-3,8-9,15H,4-7H2,1H3. The summed E-state index contributed by atoms with van der Waals surface area (Å²) in [7, 11) is 0. The molecule has 1 fully saturated rings. The third-order valence-corrected chi connectivity index (χ3v) is 3.92. The van der Waals surface area contributed by atoms with E-state index in [4.69, 9.17) is 4.52 Å². The minimum absolute atomic E-state index is 0.133. The van der Waals surface area contributed by atoms with Crippen molar-refractivity contribution in [3.63, 3.8) is 0 Å². The van der Waals surface area contributed by atoms with Crippen molar-refractivity contribution in [2.24, 2.45) is 0 Å². The van der Waals surface area contributed by atoms with E-state index in [-0.39, 0.29) is 6.04 Å². The first-order chi connectivity index (χ1) is 9.74. The highest BCUT2D eigenvalue weighted by atomic mass is 79.9. The molecule has 0 spiro atoms. The van der Waals surface area contributed by atoms with Crippen LogP contribution < -0.4 is 5.32 Å². The van der Waals surface area contributed by atoms with Crippen LogP contribution in [0.3, 0.4) is 0 Å². The number of hydrogen-bond acceptors (Lipinski definition) is 6. The molecule has 3 rings (SSSR count). The Bertz CT molecular complexity index is 564. The first-order valence-corrected chi connectivity index (χ1v) is 7.43. The van der Waals surface area contributed by atoms with Gasteiger partial charge in [-0.1, -0.05) is 5.16 Å². The summed E-state index contributed by atoms with van der Waals surface area (Å²) in [5.41, 5.74) is 0.718. The molecule has 0 aliphatic carbocycles. The fourth-order valence-corrected chi connectivity index (χ4v) is 2.48. The van der Waals surface area contributed by atoms with Crippen molar-refractivity contribution >= 4 is 15.9 Å². The van der Waals surface area contributed by atoms with Crippen LogP contribution in [0, 0.1) is 0 Å². The summed E-state index contributed by atoms with van der Waals surface area (Å²) in [6, 6.07) is 3.92. The van der Waals surface area contributed by atoms with Crippen LogP contribution in [0.15, 0.2) is 27.3 Å². The molecule has 1 N–H and O–H groups in total. The Kier molecular flexibility index (Phi) is 4.09. The molecule has 2 aromatic heterocycles. The van der Waals surface area contributed by atoms with Gasteiger partial charge in [-0.15, -0.1) is 0 Å². The monoisotopic (exact) mass is 337 g/mol. The van der Waals surface area contributed by atoms with E-state index >= 15 is 0 Å². The molecule has 1 unspecified atom stereocenters. The van der Waals surface area contributed by atoms with Gasteiger partial charge in [-0.3, -0.25) is 9.88 Å². The number of pyridine rings is 1. The van der Waals surface area contributed by atoms with Crippen molar-refractivity contribution in [3.05, 3.63) is 28.7 Å². The predicted molar refractivity (Wildman–Crippen MR) is 78.1 cm³/mol. The van der Waals surface area contributed by atoms with E-state index in [0.29, 0.717) is 11.7 Å². The summed E-state index contributed by atoms with van der Waals surface area (Å²) in [5, 5.41) is 7.36. The molecule has 3 heterocycles. The molecule has 1 atom stereocenters. The first-order valence-electron chi connectivity index (χ1n) is 6.64. The van der Waals surface area contributed by atoms with Crippen molar-refractivity contribution in [2.45, 2.75) is 13.0 Å². The Balaban J connectivity index is 1.77. The van der Waals surface area contributed by atoms with Gasteiger partial charge in [0.15, 0.2) is 0 Å². The lowest BCUT2D eigenvalue weighted by molar-refractivity contribution is 0.154. The maximum Gasteiger partial charge on any atom is 0.244 e. The third-order valence-electron chi connectivity index (χ3n) is 3.45. The number of nitrogens with one attached hydrogen (secondary N) is 1. The van der Waals surface area contributed by atoms with Crippen molar-refractivity contribution in [1.29, 1.82) is 0 Å². The molecule has 0 bridgehead atoms. The van der Waals surface area contributed by atoms with Gasteiger partial charge in [-0.25, -0.2) is 0 Å². The van der Waals surface area contributed by atoms with Gasteiger partial charge in [0.25, 0.3) is 0 Å². The Morgan fingerprint density at radius 1 is 1.35 bits per heavy atom. The van der Waals surface area contributed by atoms with Gasteiger partial charge in [0.1, 0.15) is 5.69 Å². The third kappa shape index (κ3) is 2.89. The van der Waals surface area contributed by atoms with Gasteiger partial charge in [0, 0.05) is 36.8 Å². The van der Waals surface area contributed by atoms with Gasteiger partial charge in [-0.05, 0) is 35.0 Å². The van der Waals surface area contributed by atoms with Crippen LogP contribution in [0.5, 0.6) is 0 Å². The van der Waals surface area contributed by atoms with Gasteiger partial charge < -0.3 is 9.84 Å².